The summed E-state index contributed by atoms with van der Waals surface area (Å²) in [5.41, 5.74) is 13.4. The number of carbonyl (C=O) groups is 1. The molecule has 3 aromatic rings. The van der Waals surface area contributed by atoms with Crippen LogP contribution < -0.4 is 16.0 Å². The lowest BCUT2D eigenvalue weighted by molar-refractivity contribution is 0.0946. The topological polar surface area (TPSA) is 71.2 Å². The number of fused-ring (bicyclic) bond motifs is 1. The molecule has 0 spiro atoms. The van der Waals surface area contributed by atoms with E-state index in [2.05, 4.69) is 57.9 Å². The highest BCUT2D eigenvalue weighted by Crippen LogP contribution is 2.33. The first kappa shape index (κ1) is 19.9. The molecule has 0 aliphatic carbocycles. The zero-order chi connectivity index (χ0) is 21.4. The van der Waals surface area contributed by atoms with E-state index in [1.807, 2.05) is 30.1 Å². The lowest BCUT2D eigenvalue weighted by Gasteiger charge is -2.19. The molecule has 31 heavy (non-hydrogen) atoms. The van der Waals surface area contributed by atoms with E-state index in [1.54, 1.807) is 0 Å². The molecule has 0 bridgehead atoms. The molecule has 5 nitrogen and oxygen atoms in total. The van der Waals surface area contributed by atoms with Gasteiger partial charge in [-0.1, -0.05) is 24.3 Å². The summed E-state index contributed by atoms with van der Waals surface area (Å²) < 4.78 is 0. The molecule has 1 saturated heterocycles. The number of nitrogens with two attached hydrogens (primary N) is 1. The lowest BCUT2D eigenvalue weighted by Crippen LogP contribution is -2.31. The molecule has 2 aliphatic heterocycles. The minimum Gasteiger partial charge on any atom is -0.383 e. The van der Waals surface area contributed by atoms with Crippen LogP contribution >= 0.6 is 11.8 Å². The summed E-state index contributed by atoms with van der Waals surface area (Å²) in [6, 6.07) is 16.7. The standard InChI is InChI=1S/C25H26N4OS/c1-31-21-9-11-29(15-21)20-5-2-16(3-6-20)19-13-23(24(26)28-14-19)17-4-7-22-18(12-17)8-10-27-25(22)30/h2-7,12-14,21H,8-11,15H2,1H3,(H2,26,28)(H,27,30). The van der Waals surface area contributed by atoms with Gasteiger partial charge in [-0.2, -0.15) is 11.8 Å². The van der Waals surface area contributed by atoms with Crippen LogP contribution in [-0.2, 0) is 6.42 Å². The van der Waals surface area contributed by atoms with E-state index in [0.29, 0.717) is 12.4 Å². The highest BCUT2D eigenvalue weighted by atomic mass is 32.2. The first-order chi connectivity index (χ1) is 15.1. The van der Waals surface area contributed by atoms with Crippen molar-refractivity contribution in [3.05, 3.63) is 65.9 Å². The van der Waals surface area contributed by atoms with E-state index in [-0.39, 0.29) is 5.91 Å². The first-order valence-electron chi connectivity index (χ1n) is 10.7. The zero-order valence-electron chi connectivity index (χ0n) is 17.6. The molecule has 158 valence electrons. The third kappa shape index (κ3) is 3.88. The van der Waals surface area contributed by atoms with Gasteiger partial charge in [0.05, 0.1) is 0 Å². The van der Waals surface area contributed by atoms with E-state index < -0.39 is 0 Å². The molecule has 3 heterocycles. The van der Waals surface area contributed by atoms with Gasteiger partial charge in [0.1, 0.15) is 5.82 Å². The quantitative estimate of drug-likeness (QED) is 0.648. The van der Waals surface area contributed by atoms with Crippen molar-refractivity contribution in [3.63, 3.8) is 0 Å². The van der Waals surface area contributed by atoms with Gasteiger partial charge in [-0.3, -0.25) is 4.79 Å². The largest absolute Gasteiger partial charge is 0.383 e. The van der Waals surface area contributed by atoms with Gasteiger partial charge >= 0.3 is 0 Å². The van der Waals surface area contributed by atoms with Crippen molar-refractivity contribution in [1.29, 1.82) is 0 Å². The van der Waals surface area contributed by atoms with E-state index in [0.717, 1.165) is 58.1 Å². The maximum absolute atomic E-state index is 12.0. The fourth-order valence-electron chi connectivity index (χ4n) is 4.48. The number of amides is 1. The molecule has 2 aromatic carbocycles. The Labute approximate surface area is 187 Å². The summed E-state index contributed by atoms with van der Waals surface area (Å²) in [5.74, 6) is 0.496. The van der Waals surface area contributed by atoms with Gasteiger partial charge in [0.2, 0.25) is 0 Å². The molecule has 1 aromatic heterocycles. The van der Waals surface area contributed by atoms with Crippen LogP contribution in [0.1, 0.15) is 22.3 Å². The van der Waals surface area contributed by atoms with Crippen LogP contribution in [0.2, 0.25) is 0 Å². The predicted octanol–water partition coefficient (Wildman–Crippen LogP) is 4.23. The molecule has 3 N–H and O–H groups in total. The molecule has 5 rings (SSSR count). The van der Waals surface area contributed by atoms with Gasteiger partial charge in [0.25, 0.3) is 5.91 Å². The van der Waals surface area contributed by atoms with Crippen LogP contribution in [0, 0.1) is 0 Å². The Morgan fingerprint density at radius 3 is 2.65 bits per heavy atom. The average Bonchev–Trinajstić information content (AvgIpc) is 3.29. The van der Waals surface area contributed by atoms with Gasteiger partial charge in [0.15, 0.2) is 0 Å². The molecule has 0 radical (unpaired) electrons. The van der Waals surface area contributed by atoms with Crippen molar-refractivity contribution in [1.82, 2.24) is 10.3 Å². The summed E-state index contributed by atoms with van der Waals surface area (Å²) in [6.45, 7) is 2.91. The number of hydrogen-bond acceptors (Lipinski definition) is 5. The number of anilines is 2. The van der Waals surface area contributed by atoms with Crippen molar-refractivity contribution in [3.8, 4) is 22.3 Å². The zero-order valence-corrected chi connectivity index (χ0v) is 18.4. The van der Waals surface area contributed by atoms with Gasteiger partial charge < -0.3 is 16.0 Å². The number of hydrogen-bond donors (Lipinski definition) is 2. The number of thioether (sulfide) groups is 1. The Morgan fingerprint density at radius 1 is 1.06 bits per heavy atom. The minimum atomic E-state index is -0.00501. The number of pyridine rings is 1. The summed E-state index contributed by atoms with van der Waals surface area (Å²) in [6.07, 6.45) is 6.10. The number of nitrogens with zero attached hydrogens (tertiary/aromatic N) is 2. The van der Waals surface area contributed by atoms with E-state index in [1.165, 1.54) is 12.1 Å². The Bertz CT molecular complexity index is 1130. The average molecular weight is 431 g/mol. The Hall–Kier alpha value is -2.99. The van der Waals surface area contributed by atoms with Crippen molar-refractivity contribution >= 4 is 29.2 Å². The monoisotopic (exact) mass is 430 g/mol. The van der Waals surface area contributed by atoms with Crippen LogP contribution in [-0.4, -0.2) is 42.0 Å². The van der Waals surface area contributed by atoms with Gasteiger partial charge in [0, 0.05) is 53.5 Å². The summed E-state index contributed by atoms with van der Waals surface area (Å²) in [7, 11) is 0. The van der Waals surface area contributed by atoms with Crippen LogP contribution in [0.25, 0.3) is 22.3 Å². The molecule has 2 aliphatic rings. The van der Waals surface area contributed by atoms with Crippen molar-refractivity contribution in [2.75, 3.05) is 36.5 Å². The fraction of sp³-hybridized carbons (Fsp3) is 0.280. The number of benzene rings is 2. The molecule has 1 amide bonds. The molecule has 6 heteroatoms. The van der Waals surface area contributed by atoms with Crippen LogP contribution in [0.4, 0.5) is 11.5 Å². The fourth-order valence-corrected chi connectivity index (χ4v) is 5.15. The van der Waals surface area contributed by atoms with E-state index in [9.17, 15) is 4.79 Å². The number of nitrogen functional groups attached to an aromatic ring is 1. The number of nitrogens with one attached hydrogen (secondary N) is 1. The van der Waals surface area contributed by atoms with Crippen LogP contribution in [0.5, 0.6) is 0 Å². The van der Waals surface area contributed by atoms with E-state index >= 15 is 0 Å². The summed E-state index contributed by atoms with van der Waals surface area (Å²) in [4.78, 5) is 19.0. The van der Waals surface area contributed by atoms with Gasteiger partial charge in [-0.25, -0.2) is 4.98 Å². The van der Waals surface area contributed by atoms with Crippen LogP contribution in [0.3, 0.4) is 0 Å². The number of carbonyl (C=O) groups excluding carboxylic acids is 1. The smallest absolute Gasteiger partial charge is 0.251 e. The number of rotatable bonds is 4. The SMILES string of the molecule is CSC1CCN(c2ccc(-c3cnc(N)c(-c4ccc5c(c4)CCNC5=O)c3)cc2)C1. The second-order valence-electron chi connectivity index (χ2n) is 8.17. The molecular formula is C25H26N4OS. The summed E-state index contributed by atoms with van der Waals surface area (Å²) >= 11 is 1.96. The Balaban J connectivity index is 1.43. The molecule has 1 unspecified atom stereocenters. The first-order valence-corrected chi connectivity index (χ1v) is 12.0. The molecular weight excluding hydrogens is 404 g/mol. The highest BCUT2D eigenvalue weighted by molar-refractivity contribution is 7.99. The van der Waals surface area contributed by atoms with Crippen LogP contribution in [0.15, 0.2) is 54.7 Å². The second-order valence-corrected chi connectivity index (χ2v) is 9.31. The third-order valence-corrected chi connectivity index (χ3v) is 7.35. The summed E-state index contributed by atoms with van der Waals surface area (Å²) in [5, 5.41) is 3.62. The van der Waals surface area contributed by atoms with Crippen molar-refractivity contribution < 1.29 is 4.79 Å². The lowest BCUT2D eigenvalue weighted by atomic mass is 9.94. The maximum Gasteiger partial charge on any atom is 0.251 e. The Morgan fingerprint density at radius 2 is 1.87 bits per heavy atom. The Kier molecular flexibility index (Phi) is 5.32. The molecule has 1 fully saturated rings. The van der Waals surface area contributed by atoms with Gasteiger partial charge in [-0.15, -0.1) is 0 Å². The number of aromatic nitrogens is 1. The predicted molar refractivity (Wildman–Crippen MR) is 130 cm³/mol. The van der Waals surface area contributed by atoms with Gasteiger partial charge in [-0.05, 0) is 60.1 Å². The third-order valence-electron chi connectivity index (χ3n) is 6.30. The maximum atomic E-state index is 12.0. The minimum absolute atomic E-state index is 0.00501. The second kappa shape index (κ2) is 8.27. The highest BCUT2D eigenvalue weighted by Gasteiger charge is 2.22. The molecule has 0 saturated carbocycles. The van der Waals surface area contributed by atoms with Crippen molar-refractivity contribution in [2.45, 2.75) is 18.1 Å². The van der Waals surface area contributed by atoms with Crippen molar-refractivity contribution in [2.24, 2.45) is 0 Å². The van der Waals surface area contributed by atoms with E-state index in [4.69, 9.17) is 5.73 Å². The molecule has 1 atom stereocenters. The normalized spacial score (nSPS) is 18.0.